The van der Waals surface area contributed by atoms with Crippen molar-refractivity contribution in [2.75, 3.05) is 23.6 Å². The van der Waals surface area contributed by atoms with Crippen LogP contribution in [0.2, 0.25) is 0 Å². The van der Waals surface area contributed by atoms with E-state index in [0.29, 0.717) is 18.2 Å². The van der Waals surface area contributed by atoms with Crippen LogP contribution in [0.15, 0.2) is 36.4 Å². The van der Waals surface area contributed by atoms with Crippen LogP contribution in [-0.2, 0) is 11.3 Å². The highest BCUT2D eigenvalue weighted by atomic mass is 16.7. The molecule has 2 aliphatic rings. The lowest BCUT2D eigenvalue weighted by Gasteiger charge is -2.30. The molecule has 0 saturated carbocycles. The zero-order valence-electron chi connectivity index (χ0n) is 13.8. The molecule has 4 rings (SSSR count). The van der Waals surface area contributed by atoms with Gasteiger partial charge in [0.25, 0.3) is 0 Å². The van der Waals surface area contributed by atoms with Crippen LogP contribution in [0.3, 0.4) is 0 Å². The summed E-state index contributed by atoms with van der Waals surface area (Å²) < 4.78 is 10.9. The van der Waals surface area contributed by atoms with Crippen molar-refractivity contribution in [2.24, 2.45) is 0 Å². The fourth-order valence-electron chi connectivity index (χ4n) is 3.06. The van der Waals surface area contributed by atoms with Crippen LogP contribution in [0.4, 0.5) is 11.4 Å². The van der Waals surface area contributed by atoms with Crippen molar-refractivity contribution < 1.29 is 14.3 Å². The maximum absolute atomic E-state index is 12.4. The summed E-state index contributed by atoms with van der Waals surface area (Å²) in [7, 11) is 0. The van der Waals surface area contributed by atoms with Gasteiger partial charge in [-0.3, -0.25) is 4.79 Å². The third kappa shape index (κ3) is 2.56. The Morgan fingerprint density at radius 1 is 1.12 bits per heavy atom. The Morgan fingerprint density at radius 2 is 1.83 bits per heavy atom. The number of hydrogen-bond donors (Lipinski definition) is 1. The lowest BCUT2D eigenvalue weighted by atomic mass is 10.0. The molecular weight excluding hydrogens is 304 g/mol. The van der Waals surface area contributed by atoms with E-state index in [9.17, 15) is 4.79 Å². The van der Waals surface area contributed by atoms with Crippen molar-refractivity contribution in [2.45, 2.75) is 26.3 Å². The van der Waals surface area contributed by atoms with Gasteiger partial charge in [-0.15, -0.1) is 0 Å². The van der Waals surface area contributed by atoms with Crippen LogP contribution in [0.25, 0.3) is 0 Å². The minimum atomic E-state index is 0.0503. The number of anilines is 2. The van der Waals surface area contributed by atoms with E-state index in [1.54, 1.807) is 4.90 Å². The molecule has 24 heavy (non-hydrogen) atoms. The zero-order chi connectivity index (χ0) is 16.7. The van der Waals surface area contributed by atoms with Crippen molar-refractivity contribution in [1.82, 2.24) is 0 Å². The number of ether oxygens (including phenoxy) is 2. The highest BCUT2D eigenvalue weighted by Gasteiger charge is 2.27. The maximum Gasteiger partial charge on any atom is 0.246 e. The van der Waals surface area contributed by atoms with Gasteiger partial charge in [0, 0.05) is 12.1 Å². The summed E-state index contributed by atoms with van der Waals surface area (Å²) in [6.45, 7) is 5.41. The molecule has 0 spiro atoms. The highest BCUT2D eigenvalue weighted by molar-refractivity contribution is 6.03. The summed E-state index contributed by atoms with van der Waals surface area (Å²) in [5.74, 6) is 1.96. The van der Waals surface area contributed by atoms with Gasteiger partial charge in [-0.1, -0.05) is 38.1 Å². The molecule has 0 aromatic heterocycles. The number of rotatable bonds is 3. The monoisotopic (exact) mass is 324 g/mol. The molecule has 0 radical (unpaired) electrons. The number of benzene rings is 2. The molecule has 2 aliphatic heterocycles. The summed E-state index contributed by atoms with van der Waals surface area (Å²) in [5.41, 5.74) is 4.15. The summed E-state index contributed by atoms with van der Waals surface area (Å²) >= 11 is 0. The van der Waals surface area contributed by atoms with Gasteiger partial charge >= 0.3 is 0 Å². The summed E-state index contributed by atoms with van der Waals surface area (Å²) in [4.78, 5) is 14.2. The highest BCUT2D eigenvalue weighted by Crippen LogP contribution is 2.42. The van der Waals surface area contributed by atoms with Crippen LogP contribution in [0.5, 0.6) is 11.5 Å². The zero-order valence-corrected chi connectivity index (χ0v) is 13.8. The fraction of sp³-hybridized carbons (Fsp3) is 0.316. The number of fused-ring (bicyclic) bond motifs is 2. The van der Waals surface area contributed by atoms with Gasteiger partial charge in [0.05, 0.1) is 24.5 Å². The quantitative estimate of drug-likeness (QED) is 0.939. The number of amides is 1. The van der Waals surface area contributed by atoms with Crippen LogP contribution >= 0.6 is 0 Å². The normalized spacial score (nSPS) is 15.5. The van der Waals surface area contributed by atoms with Gasteiger partial charge in [-0.05, 0) is 17.0 Å². The summed E-state index contributed by atoms with van der Waals surface area (Å²) in [6.07, 6.45) is 0. The Labute approximate surface area is 141 Å². The lowest BCUT2D eigenvalue weighted by molar-refractivity contribution is -0.117. The molecule has 1 N–H and O–H groups in total. The molecule has 0 bridgehead atoms. The molecule has 2 aromatic rings. The topological polar surface area (TPSA) is 50.8 Å². The van der Waals surface area contributed by atoms with Crippen LogP contribution in [0.1, 0.15) is 30.9 Å². The molecule has 2 heterocycles. The first kappa shape index (κ1) is 14.9. The first-order valence-electron chi connectivity index (χ1n) is 8.18. The van der Waals surface area contributed by atoms with Gasteiger partial charge in [0.15, 0.2) is 11.5 Å². The van der Waals surface area contributed by atoms with Crippen molar-refractivity contribution in [1.29, 1.82) is 0 Å². The Kier molecular flexibility index (Phi) is 3.56. The van der Waals surface area contributed by atoms with Crippen LogP contribution < -0.4 is 19.7 Å². The second-order valence-electron chi connectivity index (χ2n) is 6.45. The summed E-state index contributed by atoms with van der Waals surface area (Å²) in [5, 5.41) is 3.16. The predicted octanol–water partition coefficient (Wildman–Crippen LogP) is 3.50. The molecule has 5 heteroatoms. The Balaban J connectivity index is 1.64. The minimum Gasteiger partial charge on any atom is -0.454 e. The number of carbonyl (C=O) groups is 1. The van der Waals surface area contributed by atoms with Crippen molar-refractivity contribution in [3.8, 4) is 11.5 Å². The molecule has 0 atom stereocenters. The molecular formula is C19H20N2O3. The van der Waals surface area contributed by atoms with E-state index in [0.717, 1.165) is 22.7 Å². The van der Waals surface area contributed by atoms with Crippen molar-refractivity contribution in [3.63, 3.8) is 0 Å². The first-order valence-corrected chi connectivity index (χ1v) is 8.18. The van der Waals surface area contributed by atoms with Gasteiger partial charge in [0.2, 0.25) is 12.7 Å². The molecule has 0 unspecified atom stereocenters. The van der Waals surface area contributed by atoms with Crippen molar-refractivity contribution >= 4 is 17.3 Å². The van der Waals surface area contributed by atoms with Gasteiger partial charge in [-0.2, -0.15) is 0 Å². The van der Waals surface area contributed by atoms with Gasteiger partial charge < -0.3 is 19.7 Å². The van der Waals surface area contributed by atoms with Gasteiger partial charge in [0.1, 0.15) is 0 Å². The van der Waals surface area contributed by atoms with E-state index in [2.05, 4.69) is 43.4 Å². The minimum absolute atomic E-state index is 0.0503. The van der Waals surface area contributed by atoms with E-state index in [4.69, 9.17) is 9.47 Å². The standard InChI is InChI=1S/C19H20N2O3/c1-12(2)14-5-3-13(4-6-14)10-21-16-8-18-17(23-11-24-18)7-15(16)20-9-19(21)22/h3-8,12,20H,9-11H2,1-2H3. The molecule has 1 amide bonds. The second kappa shape index (κ2) is 5.74. The number of hydrogen-bond acceptors (Lipinski definition) is 4. The predicted molar refractivity (Wildman–Crippen MR) is 92.8 cm³/mol. The fourth-order valence-corrected chi connectivity index (χ4v) is 3.06. The molecule has 5 nitrogen and oxygen atoms in total. The molecule has 2 aromatic carbocycles. The van der Waals surface area contributed by atoms with E-state index in [1.165, 1.54) is 5.56 Å². The summed E-state index contributed by atoms with van der Waals surface area (Å²) in [6, 6.07) is 12.2. The van der Waals surface area contributed by atoms with E-state index in [1.807, 2.05) is 12.1 Å². The average Bonchev–Trinajstić information content (AvgIpc) is 3.03. The third-order valence-electron chi connectivity index (χ3n) is 4.50. The number of nitrogens with one attached hydrogen (secondary N) is 1. The smallest absolute Gasteiger partial charge is 0.246 e. The van der Waals surface area contributed by atoms with E-state index < -0.39 is 0 Å². The van der Waals surface area contributed by atoms with Crippen LogP contribution in [-0.4, -0.2) is 19.2 Å². The van der Waals surface area contributed by atoms with E-state index in [-0.39, 0.29) is 19.2 Å². The van der Waals surface area contributed by atoms with E-state index >= 15 is 0 Å². The molecule has 0 saturated heterocycles. The Bertz CT molecular complexity index is 784. The molecule has 124 valence electrons. The molecule has 0 aliphatic carbocycles. The van der Waals surface area contributed by atoms with Crippen molar-refractivity contribution in [3.05, 3.63) is 47.5 Å². The Hall–Kier alpha value is -2.69. The Morgan fingerprint density at radius 3 is 2.54 bits per heavy atom. The molecule has 0 fully saturated rings. The largest absolute Gasteiger partial charge is 0.454 e. The maximum atomic E-state index is 12.4. The third-order valence-corrected chi connectivity index (χ3v) is 4.50. The number of nitrogens with zero attached hydrogens (tertiary/aromatic N) is 1. The second-order valence-corrected chi connectivity index (χ2v) is 6.45. The lowest BCUT2D eigenvalue weighted by Crippen LogP contribution is -2.39. The SMILES string of the molecule is CC(C)c1ccc(CN2C(=O)CNc3cc4c(cc32)OCO4)cc1. The average molecular weight is 324 g/mol. The number of carbonyl (C=O) groups excluding carboxylic acids is 1. The van der Waals surface area contributed by atoms with Gasteiger partial charge in [-0.25, -0.2) is 0 Å². The van der Waals surface area contributed by atoms with Crippen LogP contribution in [0, 0.1) is 0 Å². The first-order chi connectivity index (χ1) is 11.6.